The summed E-state index contributed by atoms with van der Waals surface area (Å²) in [4.78, 5) is 24.5. The minimum Gasteiger partial charge on any atom is -0.466 e. The van der Waals surface area contributed by atoms with Gasteiger partial charge in [-0.1, -0.05) is 289 Å². The molecule has 6 heteroatoms. The van der Waals surface area contributed by atoms with Gasteiger partial charge in [-0.25, -0.2) is 0 Å². The van der Waals surface area contributed by atoms with Crippen LogP contribution in [-0.4, -0.2) is 47.4 Å². The lowest BCUT2D eigenvalue weighted by atomic mass is 10.0. The van der Waals surface area contributed by atoms with Gasteiger partial charge in [0.05, 0.1) is 25.4 Å². The van der Waals surface area contributed by atoms with Crippen molar-refractivity contribution >= 4 is 11.9 Å². The first-order valence-corrected chi connectivity index (χ1v) is 29.0. The van der Waals surface area contributed by atoms with Crippen molar-refractivity contribution in [2.75, 3.05) is 13.2 Å². The predicted molar refractivity (Wildman–Crippen MR) is 278 cm³/mol. The third-order valence-electron chi connectivity index (χ3n) is 13.6. The molecular formula is C58H113NO5. The molecule has 2 atom stereocenters. The SMILES string of the molecule is CCCCCCCCCCCCCCCCCCCCCC/C=C/C(O)C(CO)NC(=O)CCCCCCCCCCCCCOC(=O)CCCCCCCCCCCCCCCC. The second-order valence-electron chi connectivity index (χ2n) is 20.0. The zero-order chi connectivity index (χ0) is 46.5. The Balaban J connectivity index is 3.49. The molecule has 0 aliphatic heterocycles. The van der Waals surface area contributed by atoms with Crippen LogP contribution >= 0.6 is 0 Å². The van der Waals surface area contributed by atoms with Gasteiger partial charge in [0.25, 0.3) is 0 Å². The maximum atomic E-state index is 12.5. The number of amides is 1. The van der Waals surface area contributed by atoms with E-state index >= 15 is 0 Å². The fourth-order valence-corrected chi connectivity index (χ4v) is 9.11. The molecule has 6 nitrogen and oxygen atoms in total. The minimum atomic E-state index is -0.856. The number of nitrogens with one attached hydrogen (secondary N) is 1. The Morgan fingerprint density at radius 3 is 1.06 bits per heavy atom. The van der Waals surface area contributed by atoms with Crippen LogP contribution < -0.4 is 5.32 Å². The number of hydrogen-bond donors (Lipinski definition) is 3. The average molecular weight is 905 g/mol. The van der Waals surface area contributed by atoms with Gasteiger partial charge in [0.2, 0.25) is 5.91 Å². The Kier molecular flexibility index (Phi) is 53.0. The van der Waals surface area contributed by atoms with Crippen molar-refractivity contribution in [2.45, 2.75) is 334 Å². The van der Waals surface area contributed by atoms with Crippen LogP contribution in [0.25, 0.3) is 0 Å². The summed E-state index contributed by atoms with van der Waals surface area (Å²) in [5.74, 6) is -0.0952. The van der Waals surface area contributed by atoms with Crippen LogP contribution in [0.3, 0.4) is 0 Å². The smallest absolute Gasteiger partial charge is 0.305 e. The van der Waals surface area contributed by atoms with E-state index < -0.39 is 12.1 Å². The third kappa shape index (κ3) is 50.0. The fraction of sp³-hybridized carbons (Fsp3) is 0.931. The number of unbranched alkanes of at least 4 members (excludes halogenated alkanes) is 43. The van der Waals surface area contributed by atoms with Crippen molar-refractivity contribution in [2.24, 2.45) is 0 Å². The van der Waals surface area contributed by atoms with E-state index in [0.717, 1.165) is 57.8 Å². The van der Waals surface area contributed by atoms with E-state index in [1.54, 1.807) is 6.08 Å². The van der Waals surface area contributed by atoms with E-state index in [9.17, 15) is 19.8 Å². The van der Waals surface area contributed by atoms with Crippen molar-refractivity contribution in [3.8, 4) is 0 Å². The van der Waals surface area contributed by atoms with E-state index in [1.165, 1.54) is 238 Å². The summed E-state index contributed by atoms with van der Waals surface area (Å²) in [6.45, 7) is 4.89. The quantitative estimate of drug-likeness (QED) is 0.0321. The first kappa shape index (κ1) is 62.6. The van der Waals surface area contributed by atoms with E-state index in [-0.39, 0.29) is 18.5 Å². The minimum absolute atomic E-state index is 0.0122. The fourth-order valence-electron chi connectivity index (χ4n) is 9.11. The van der Waals surface area contributed by atoms with Crippen molar-refractivity contribution in [1.82, 2.24) is 5.32 Å². The number of carbonyl (C=O) groups is 2. The van der Waals surface area contributed by atoms with Gasteiger partial charge in [-0.3, -0.25) is 9.59 Å². The summed E-state index contributed by atoms with van der Waals surface area (Å²) in [6.07, 6.45) is 63.7. The highest BCUT2D eigenvalue weighted by molar-refractivity contribution is 5.76. The van der Waals surface area contributed by atoms with Crippen LogP contribution in [0.1, 0.15) is 322 Å². The van der Waals surface area contributed by atoms with Gasteiger partial charge in [-0.2, -0.15) is 0 Å². The lowest BCUT2D eigenvalue weighted by Crippen LogP contribution is -2.45. The van der Waals surface area contributed by atoms with Crippen LogP contribution in [0.15, 0.2) is 12.2 Å². The Bertz CT molecular complexity index is 955. The van der Waals surface area contributed by atoms with Gasteiger partial charge in [0, 0.05) is 12.8 Å². The van der Waals surface area contributed by atoms with Crippen LogP contribution in [0, 0.1) is 0 Å². The van der Waals surface area contributed by atoms with E-state index in [4.69, 9.17) is 4.74 Å². The number of esters is 1. The molecule has 0 rings (SSSR count). The Morgan fingerprint density at radius 2 is 0.719 bits per heavy atom. The number of allylic oxidation sites excluding steroid dienone is 1. The molecule has 0 fully saturated rings. The summed E-state index contributed by atoms with van der Waals surface area (Å²) >= 11 is 0. The molecule has 1 amide bonds. The van der Waals surface area contributed by atoms with Gasteiger partial charge in [-0.05, 0) is 32.1 Å². The summed E-state index contributed by atoms with van der Waals surface area (Å²) in [5.41, 5.74) is 0. The average Bonchev–Trinajstić information content (AvgIpc) is 3.29. The second-order valence-corrected chi connectivity index (χ2v) is 20.0. The number of hydrogen-bond acceptors (Lipinski definition) is 5. The highest BCUT2D eigenvalue weighted by atomic mass is 16.5. The molecule has 0 saturated carbocycles. The van der Waals surface area contributed by atoms with E-state index in [0.29, 0.717) is 19.4 Å². The van der Waals surface area contributed by atoms with Crippen molar-refractivity contribution in [1.29, 1.82) is 0 Å². The monoisotopic (exact) mass is 904 g/mol. The lowest BCUT2D eigenvalue weighted by Gasteiger charge is -2.20. The summed E-state index contributed by atoms with van der Waals surface area (Å²) < 4.78 is 5.46. The van der Waals surface area contributed by atoms with Gasteiger partial charge in [0.1, 0.15) is 0 Å². The first-order chi connectivity index (χ1) is 31.5. The molecule has 3 N–H and O–H groups in total. The third-order valence-corrected chi connectivity index (χ3v) is 13.6. The van der Waals surface area contributed by atoms with Crippen LogP contribution in [0.4, 0.5) is 0 Å². The zero-order valence-corrected chi connectivity index (χ0v) is 43.3. The molecule has 64 heavy (non-hydrogen) atoms. The summed E-state index contributed by atoms with van der Waals surface area (Å²) in [6, 6.07) is -0.641. The molecule has 0 saturated heterocycles. The molecule has 2 unspecified atom stereocenters. The topological polar surface area (TPSA) is 95.9 Å². The molecule has 0 bridgehead atoms. The summed E-state index contributed by atoms with van der Waals surface area (Å²) in [7, 11) is 0. The Hall–Kier alpha value is -1.40. The maximum Gasteiger partial charge on any atom is 0.305 e. The number of rotatable bonds is 54. The van der Waals surface area contributed by atoms with Gasteiger partial charge < -0.3 is 20.3 Å². The molecule has 0 radical (unpaired) electrons. The summed E-state index contributed by atoms with van der Waals surface area (Å²) in [5, 5.41) is 23.2. The molecule has 0 aromatic carbocycles. The normalized spacial score (nSPS) is 12.6. The molecule has 0 aromatic rings. The van der Waals surface area contributed by atoms with Gasteiger partial charge >= 0.3 is 5.97 Å². The standard InChI is InChI=1S/C58H113NO5/c1-3-5-7-9-11-13-15-17-19-20-21-22-23-24-25-26-27-30-34-38-42-46-50-56(61)55(54-60)59-57(62)51-47-43-39-35-31-29-33-37-41-45-49-53-64-58(63)52-48-44-40-36-32-28-18-16-14-12-10-8-6-4-2/h46,50,55-56,60-61H,3-45,47-49,51-54H2,1-2H3,(H,59,62)/b50-46+. The Labute approximate surface area is 399 Å². The number of aliphatic hydroxyl groups excluding tert-OH is 2. The lowest BCUT2D eigenvalue weighted by molar-refractivity contribution is -0.143. The van der Waals surface area contributed by atoms with Gasteiger partial charge in [0.15, 0.2) is 0 Å². The second kappa shape index (κ2) is 54.2. The van der Waals surface area contributed by atoms with Crippen LogP contribution in [0.5, 0.6) is 0 Å². The Morgan fingerprint density at radius 1 is 0.422 bits per heavy atom. The molecule has 380 valence electrons. The molecule has 0 spiro atoms. The number of carbonyl (C=O) groups excluding carboxylic acids is 2. The first-order valence-electron chi connectivity index (χ1n) is 29.0. The predicted octanol–water partition coefficient (Wildman–Crippen LogP) is 17.7. The van der Waals surface area contributed by atoms with Gasteiger partial charge in [-0.15, -0.1) is 0 Å². The van der Waals surface area contributed by atoms with Crippen molar-refractivity contribution in [3.05, 3.63) is 12.2 Å². The number of aliphatic hydroxyl groups is 2. The van der Waals surface area contributed by atoms with Crippen molar-refractivity contribution in [3.63, 3.8) is 0 Å². The molecule has 0 heterocycles. The molecular weight excluding hydrogens is 791 g/mol. The number of ether oxygens (including phenoxy) is 1. The zero-order valence-electron chi connectivity index (χ0n) is 43.3. The largest absolute Gasteiger partial charge is 0.466 e. The van der Waals surface area contributed by atoms with Crippen LogP contribution in [-0.2, 0) is 14.3 Å². The van der Waals surface area contributed by atoms with E-state index in [2.05, 4.69) is 19.2 Å². The van der Waals surface area contributed by atoms with E-state index in [1.807, 2.05) is 6.08 Å². The van der Waals surface area contributed by atoms with Crippen LogP contribution in [0.2, 0.25) is 0 Å². The molecule has 0 aromatic heterocycles. The highest BCUT2D eigenvalue weighted by Crippen LogP contribution is 2.17. The molecule has 0 aliphatic rings. The highest BCUT2D eigenvalue weighted by Gasteiger charge is 2.18. The maximum absolute atomic E-state index is 12.5. The van der Waals surface area contributed by atoms with Crippen molar-refractivity contribution < 1.29 is 24.5 Å². The molecule has 0 aliphatic carbocycles.